The van der Waals surface area contributed by atoms with Crippen molar-refractivity contribution < 1.29 is 18.6 Å². The molecule has 100 valence electrons. The van der Waals surface area contributed by atoms with Crippen LogP contribution in [0.15, 0.2) is 40.9 Å². The highest BCUT2D eigenvalue weighted by Gasteiger charge is 2.10. The average molecular weight is 329 g/mol. The number of ether oxygens (including phenoxy) is 1. The third-order valence-corrected chi connectivity index (χ3v) is 3.17. The van der Waals surface area contributed by atoms with Crippen LogP contribution in [0.1, 0.15) is 18.6 Å². The van der Waals surface area contributed by atoms with Crippen LogP contribution < -0.4 is 4.74 Å². The molecule has 1 N–H and O–H groups in total. The molecule has 2 nitrogen and oxygen atoms in total. The van der Waals surface area contributed by atoms with E-state index in [-0.39, 0.29) is 5.75 Å². The van der Waals surface area contributed by atoms with E-state index in [1.807, 2.05) is 0 Å². The number of hydrogen-bond acceptors (Lipinski definition) is 2. The Balaban J connectivity index is 2.28. The van der Waals surface area contributed by atoms with E-state index < -0.39 is 17.7 Å². The van der Waals surface area contributed by atoms with Gasteiger partial charge >= 0.3 is 0 Å². The first-order valence-electron chi connectivity index (χ1n) is 5.58. The number of rotatable bonds is 3. The highest BCUT2D eigenvalue weighted by Crippen LogP contribution is 2.33. The molecule has 2 aromatic carbocycles. The molecule has 0 aliphatic rings. The van der Waals surface area contributed by atoms with Gasteiger partial charge in [-0.3, -0.25) is 0 Å². The van der Waals surface area contributed by atoms with Gasteiger partial charge in [0.05, 0.1) is 10.6 Å². The summed E-state index contributed by atoms with van der Waals surface area (Å²) in [5.74, 6) is -1.11. The van der Waals surface area contributed by atoms with Crippen LogP contribution in [0.2, 0.25) is 0 Å². The summed E-state index contributed by atoms with van der Waals surface area (Å²) >= 11 is 3.28. The maximum Gasteiger partial charge on any atom is 0.168 e. The van der Waals surface area contributed by atoms with E-state index in [4.69, 9.17) is 4.74 Å². The van der Waals surface area contributed by atoms with Crippen LogP contribution in [-0.4, -0.2) is 5.11 Å². The maximum atomic E-state index is 13.5. The molecule has 0 spiro atoms. The first kappa shape index (κ1) is 14.0. The Morgan fingerprint density at radius 1 is 1.11 bits per heavy atom. The van der Waals surface area contributed by atoms with Gasteiger partial charge in [0, 0.05) is 6.07 Å². The van der Waals surface area contributed by atoms with E-state index in [9.17, 15) is 13.9 Å². The summed E-state index contributed by atoms with van der Waals surface area (Å²) in [5.41, 5.74) is 0.707. The van der Waals surface area contributed by atoms with E-state index in [0.29, 0.717) is 15.8 Å². The second kappa shape index (κ2) is 5.67. The second-order valence-electron chi connectivity index (χ2n) is 4.04. The van der Waals surface area contributed by atoms with Gasteiger partial charge in [0.2, 0.25) is 0 Å². The van der Waals surface area contributed by atoms with Gasteiger partial charge in [0.25, 0.3) is 0 Å². The van der Waals surface area contributed by atoms with Gasteiger partial charge in [-0.2, -0.15) is 0 Å². The Labute approximate surface area is 117 Å². The van der Waals surface area contributed by atoms with Crippen molar-refractivity contribution in [1.82, 2.24) is 0 Å². The van der Waals surface area contributed by atoms with Gasteiger partial charge < -0.3 is 9.84 Å². The minimum Gasteiger partial charge on any atom is -0.453 e. The van der Waals surface area contributed by atoms with Crippen LogP contribution >= 0.6 is 15.9 Å². The molecule has 0 saturated carbocycles. The molecule has 2 rings (SSSR count). The van der Waals surface area contributed by atoms with Crippen molar-refractivity contribution in [1.29, 1.82) is 0 Å². The summed E-state index contributed by atoms with van der Waals surface area (Å²) in [6.07, 6.45) is -0.604. The zero-order valence-corrected chi connectivity index (χ0v) is 11.6. The third kappa shape index (κ3) is 3.30. The van der Waals surface area contributed by atoms with Crippen molar-refractivity contribution in [3.63, 3.8) is 0 Å². The second-order valence-corrected chi connectivity index (χ2v) is 4.90. The number of benzene rings is 2. The molecule has 5 heteroatoms. The zero-order valence-electron chi connectivity index (χ0n) is 10.0. The molecular formula is C14H11BrF2O2. The highest BCUT2D eigenvalue weighted by atomic mass is 79.9. The van der Waals surface area contributed by atoms with Crippen LogP contribution in [0.5, 0.6) is 11.5 Å². The zero-order chi connectivity index (χ0) is 14.0. The minimum absolute atomic E-state index is 0.0631. The van der Waals surface area contributed by atoms with Crippen LogP contribution in [0.25, 0.3) is 0 Å². The van der Waals surface area contributed by atoms with E-state index in [1.54, 1.807) is 25.1 Å². The number of aliphatic hydroxyl groups excluding tert-OH is 1. The van der Waals surface area contributed by atoms with Crippen molar-refractivity contribution in [3.05, 3.63) is 58.1 Å². The molecule has 0 fully saturated rings. The summed E-state index contributed by atoms with van der Waals surface area (Å²) in [7, 11) is 0. The molecule has 0 radical (unpaired) electrons. The molecule has 0 saturated heterocycles. The molecule has 0 heterocycles. The fourth-order valence-electron chi connectivity index (χ4n) is 1.54. The van der Waals surface area contributed by atoms with Crippen LogP contribution in [0.4, 0.5) is 8.78 Å². The molecule has 0 aromatic heterocycles. The van der Waals surface area contributed by atoms with Crippen molar-refractivity contribution >= 4 is 15.9 Å². The summed E-state index contributed by atoms with van der Waals surface area (Å²) in [4.78, 5) is 0. The summed E-state index contributed by atoms with van der Waals surface area (Å²) in [6.45, 7) is 1.64. The van der Waals surface area contributed by atoms with Crippen molar-refractivity contribution in [2.24, 2.45) is 0 Å². The Hall–Kier alpha value is -1.46. The van der Waals surface area contributed by atoms with E-state index in [2.05, 4.69) is 15.9 Å². The summed E-state index contributed by atoms with van der Waals surface area (Å²) in [5, 5.41) is 9.44. The molecule has 0 amide bonds. The molecule has 1 atom stereocenters. The molecular weight excluding hydrogens is 318 g/mol. The lowest BCUT2D eigenvalue weighted by Gasteiger charge is -2.11. The van der Waals surface area contributed by atoms with Gasteiger partial charge in [-0.25, -0.2) is 8.78 Å². The van der Waals surface area contributed by atoms with Crippen molar-refractivity contribution in [3.8, 4) is 11.5 Å². The van der Waals surface area contributed by atoms with Gasteiger partial charge in [-0.05, 0) is 52.7 Å². The fourth-order valence-corrected chi connectivity index (χ4v) is 2.01. The van der Waals surface area contributed by atoms with E-state index in [1.165, 1.54) is 6.07 Å². The third-order valence-electron chi connectivity index (χ3n) is 2.55. The number of hydrogen-bond donors (Lipinski definition) is 1. The molecule has 0 aliphatic carbocycles. The Morgan fingerprint density at radius 2 is 1.79 bits per heavy atom. The van der Waals surface area contributed by atoms with Crippen LogP contribution in [-0.2, 0) is 0 Å². The maximum absolute atomic E-state index is 13.5. The van der Waals surface area contributed by atoms with Gasteiger partial charge in [-0.15, -0.1) is 0 Å². The molecule has 0 unspecified atom stereocenters. The summed E-state index contributed by atoms with van der Waals surface area (Å²) in [6, 6.07) is 8.06. The number of halogens is 3. The predicted octanol–water partition coefficient (Wildman–Crippen LogP) is 4.57. The predicted molar refractivity (Wildman–Crippen MR) is 71.2 cm³/mol. The van der Waals surface area contributed by atoms with E-state index >= 15 is 0 Å². The Bertz CT molecular complexity index is 600. The normalized spacial score (nSPS) is 12.3. The number of aliphatic hydroxyl groups is 1. The average Bonchev–Trinajstić information content (AvgIpc) is 2.34. The Morgan fingerprint density at radius 3 is 2.37 bits per heavy atom. The van der Waals surface area contributed by atoms with Crippen LogP contribution in [0, 0.1) is 11.6 Å². The smallest absolute Gasteiger partial charge is 0.168 e. The molecule has 19 heavy (non-hydrogen) atoms. The Kier molecular flexibility index (Phi) is 4.17. The first-order chi connectivity index (χ1) is 8.97. The van der Waals surface area contributed by atoms with Crippen molar-refractivity contribution in [2.75, 3.05) is 0 Å². The quantitative estimate of drug-likeness (QED) is 0.894. The van der Waals surface area contributed by atoms with Gasteiger partial charge in [0.15, 0.2) is 11.6 Å². The monoisotopic (exact) mass is 328 g/mol. The van der Waals surface area contributed by atoms with Gasteiger partial charge in [0.1, 0.15) is 11.6 Å². The van der Waals surface area contributed by atoms with Crippen LogP contribution in [0.3, 0.4) is 0 Å². The van der Waals surface area contributed by atoms with Crippen molar-refractivity contribution in [2.45, 2.75) is 13.0 Å². The standard InChI is InChI=1S/C14H11BrF2O2/c1-8(18)9-2-4-13(11(15)6-9)19-14-5-3-10(16)7-12(14)17/h2-8,18H,1H3/t8-/m0/s1. The lowest BCUT2D eigenvalue weighted by molar-refractivity contribution is 0.199. The fraction of sp³-hybridized carbons (Fsp3) is 0.143. The molecule has 2 aromatic rings. The van der Waals surface area contributed by atoms with E-state index in [0.717, 1.165) is 12.1 Å². The van der Waals surface area contributed by atoms with Gasteiger partial charge in [-0.1, -0.05) is 6.07 Å². The highest BCUT2D eigenvalue weighted by molar-refractivity contribution is 9.10. The lowest BCUT2D eigenvalue weighted by atomic mass is 10.1. The molecule has 0 bridgehead atoms. The summed E-state index contributed by atoms with van der Waals surface area (Å²) < 4.78 is 32.2. The topological polar surface area (TPSA) is 29.5 Å². The first-order valence-corrected chi connectivity index (χ1v) is 6.37. The lowest BCUT2D eigenvalue weighted by Crippen LogP contribution is -1.94. The molecule has 0 aliphatic heterocycles. The largest absolute Gasteiger partial charge is 0.453 e. The minimum atomic E-state index is -0.772. The SMILES string of the molecule is C[C@H](O)c1ccc(Oc2ccc(F)cc2F)c(Br)c1.